The molecule has 0 amide bonds. The summed E-state index contributed by atoms with van der Waals surface area (Å²) in [6.45, 7) is 0. The van der Waals surface area contributed by atoms with Crippen LogP contribution < -0.4 is 12.4 Å². The van der Waals surface area contributed by atoms with Crippen molar-refractivity contribution in [3.8, 4) is 0 Å². The first kappa shape index (κ1) is 32.2. The van der Waals surface area contributed by atoms with Gasteiger partial charge in [-0.15, -0.1) is 0 Å². The summed E-state index contributed by atoms with van der Waals surface area (Å²) < 4.78 is 0. The first-order valence-corrected chi connectivity index (χ1v) is 13.7. The van der Waals surface area contributed by atoms with Crippen LogP contribution in [0.2, 0.25) is 0 Å². The van der Waals surface area contributed by atoms with Crippen LogP contribution in [0.3, 0.4) is 0 Å². The van der Waals surface area contributed by atoms with Crippen molar-refractivity contribution in [1.29, 1.82) is 0 Å². The van der Waals surface area contributed by atoms with Crippen LogP contribution in [0.5, 0.6) is 0 Å². The standard InChI is InChI=1S/C13H17.2C11H8O2.ClH.Ti/c1-3-7-12-10(5-1)9-11-6-2-4-8-13(11)12;2*12-11(13)10-7-3-5-8-4-1-2-6-9(8)10;;/h9H,1-8H2;2*1-7H,(H,12,13);1H;/q-1;;;;+2/p-1. The molecule has 2 aliphatic rings. The Morgan fingerprint density at radius 2 is 0.902 bits per heavy atom. The fourth-order valence-corrected chi connectivity index (χ4v) is 5.90. The number of hydrogen-bond donors (Lipinski definition) is 2. The van der Waals surface area contributed by atoms with E-state index in [4.69, 9.17) is 10.2 Å². The van der Waals surface area contributed by atoms with E-state index in [1.807, 2.05) is 60.7 Å². The molecular formula is C35H33ClO4Ti. The zero-order valence-corrected chi connectivity index (χ0v) is 25.2. The summed E-state index contributed by atoms with van der Waals surface area (Å²) in [5.41, 5.74) is 7.66. The van der Waals surface area contributed by atoms with Gasteiger partial charge in [-0.2, -0.15) is 28.3 Å². The summed E-state index contributed by atoms with van der Waals surface area (Å²) >= 11 is 0. The molecule has 7 rings (SSSR count). The molecule has 6 heteroatoms. The second-order valence-electron chi connectivity index (χ2n) is 10.2. The van der Waals surface area contributed by atoms with Crippen LogP contribution in [0.4, 0.5) is 0 Å². The summed E-state index contributed by atoms with van der Waals surface area (Å²) in [4.78, 5) is 21.6. The van der Waals surface area contributed by atoms with Gasteiger partial charge in [0.25, 0.3) is 0 Å². The van der Waals surface area contributed by atoms with E-state index in [1.165, 1.54) is 51.4 Å². The third-order valence-corrected chi connectivity index (χ3v) is 7.77. The molecule has 0 saturated heterocycles. The van der Waals surface area contributed by atoms with E-state index in [0.717, 1.165) is 21.5 Å². The number of benzene rings is 4. The molecule has 0 heterocycles. The number of carbonyl (C=O) groups is 2. The van der Waals surface area contributed by atoms with Gasteiger partial charge in [0.2, 0.25) is 0 Å². The van der Waals surface area contributed by atoms with E-state index in [-0.39, 0.29) is 34.1 Å². The number of aryl methyl sites for hydroxylation is 2. The van der Waals surface area contributed by atoms with Gasteiger partial charge in [0.15, 0.2) is 0 Å². The molecule has 0 fully saturated rings. The Hall–Kier alpha value is -3.31. The maximum absolute atomic E-state index is 10.8. The molecule has 0 saturated carbocycles. The molecule has 0 aliphatic heterocycles. The Kier molecular flexibility index (Phi) is 11.8. The molecule has 0 aromatic heterocycles. The summed E-state index contributed by atoms with van der Waals surface area (Å²) in [6, 6.07) is 28.0. The van der Waals surface area contributed by atoms with Crippen molar-refractivity contribution in [2.75, 3.05) is 0 Å². The second-order valence-corrected chi connectivity index (χ2v) is 10.2. The fourth-order valence-electron chi connectivity index (χ4n) is 5.90. The van der Waals surface area contributed by atoms with E-state index in [0.29, 0.717) is 11.1 Å². The minimum atomic E-state index is -0.878. The van der Waals surface area contributed by atoms with Crippen molar-refractivity contribution in [3.63, 3.8) is 0 Å². The third kappa shape index (κ3) is 7.51. The van der Waals surface area contributed by atoms with E-state index in [1.54, 1.807) is 46.5 Å². The maximum atomic E-state index is 10.8. The van der Waals surface area contributed by atoms with Crippen molar-refractivity contribution >= 4 is 33.5 Å². The molecule has 2 aliphatic carbocycles. The number of carboxylic acids is 2. The summed E-state index contributed by atoms with van der Waals surface area (Å²) in [6.07, 6.45) is 11.2. The number of hydrogen-bond acceptors (Lipinski definition) is 2. The van der Waals surface area contributed by atoms with Crippen LogP contribution in [0.1, 0.15) is 68.7 Å². The maximum Gasteiger partial charge on any atom is 2.00 e. The van der Waals surface area contributed by atoms with Crippen LogP contribution in [0, 0.1) is 0 Å². The second kappa shape index (κ2) is 15.1. The molecule has 5 aromatic rings. The van der Waals surface area contributed by atoms with Gasteiger partial charge in [0, 0.05) is 0 Å². The number of halogens is 1. The van der Waals surface area contributed by atoms with Crippen LogP contribution in [-0.2, 0) is 47.4 Å². The van der Waals surface area contributed by atoms with Gasteiger partial charge in [-0.3, -0.25) is 0 Å². The molecule has 0 atom stereocenters. The average molecular weight is 601 g/mol. The molecule has 0 spiro atoms. The van der Waals surface area contributed by atoms with Crippen LogP contribution in [0.15, 0.2) is 91.0 Å². The van der Waals surface area contributed by atoms with Crippen molar-refractivity contribution in [3.05, 3.63) is 124 Å². The van der Waals surface area contributed by atoms with E-state index in [9.17, 15) is 9.59 Å². The van der Waals surface area contributed by atoms with Gasteiger partial charge in [0.05, 0.1) is 11.1 Å². The first-order valence-electron chi connectivity index (χ1n) is 13.7. The minimum absolute atomic E-state index is 0. The zero-order valence-electron chi connectivity index (χ0n) is 22.9. The van der Waals surface area contributed by atoms with Gasteiger partial charge in [-0.1, -0.05) is 124 Å². The molecular weight excluding hydrogens is 568 g/mol. The number of fused-ring (bicyclic) bond motifs is 5. The summed E-state index contributed by atoms with van der Waals surface area (Å²) in [5, 5.41) is 21.3. The van der Waals surface area contributed by atoms with Gasteiger partial charge in [-0.05, 0) is 33.7 Å². The molecule has 208 valence electrons. The molecule has 0 bridgehead atoms. The van der Waals surface area contributed by atoms with Gasteiger partial charge in [-0.25, -0.2) is 9.59 Å². The summed E-state index contributed by atoms with van der Waals surface area (Å²) in [5.74, 6) is -1.76. The van der Waals surface area contributed by atoms with Gasteiger partial charge in [0.1, 0.15) is 0 Å². The van der Waals surface area contributed by atoms with E-state index >= 15 is 0 Å². The predicted molar refractivity (Wildman–Crippen MR) is 157 cm³/mol. The topological polar surface area (TPSA) is 74.6 Å². The normalized spacial score (nSPS) is 13.1. The molecule has 2 N–H and O–H groups in total. The van der Waals surface area contributed by atoms with Gasteiger partial charge >= 0.3 is 33.7 Å². The molecule has 41 heavy (non-hydrogen) atoms. The van der Waals surface area contributed by atoms with Crippen LogP contribution in [0.25, 0.3) is 21.5 Å². The van der Waals surface area contributed by atoms with Crippen LogP contribution in [-0.4, -0.2) is 22.2 Å². The number of rotatable bonds is 2. The van der Waals surface area contributed by atoms with Crippen molar-refractivity contribution in [2.24, 2.45) is 0 Å². The Morgan fingerprint density at radius 1 is 0.537 bits per heavy atom. The van der Waals surface area contributed by atoms with E-state index < -0.39 is 11.9 Å². The van der Waals surface area contributed by atoms with Crippen molar-refractivity contribution in [1.82, 2.24) is 0 Å². The Bertz CT molecular complexity index is 1510. The number of carboxylic acid groups (broad SMARTS) is 2. The zero-order chi connectivity index (χ0) is 27.2. The molecule has 0 radical (unpaired) electrons. The van der Waals surface area contributed by atoms with Gasteiger partial charge < -0.3 is 22.6 Å². The minimum Gasteiger partial charge on any atom is -1.00 e. The Labute approximate surface area is 262 Å². The smallest absolute Gasteiger partial charge is 1.00 e. The van der Waals surface area contributed by atoms with Crippen molar-refractivity contribution < 1.29 is 53.9 Å². The quantitative estimate of drug-likeness (QED) is 0.215. The van der Waals surface area contributed by atoms with E-state index in [2.05, 4.69) is 6.07 Å². The van der Waals surface area contributed by atoms with Crippen LogP contribution >= 0.6 is 0 Å². The predicted octanol–water partition coefficient (Wildman–Crippen LogP) is 5.24. The summed E-state index contributed by atoms with van der Waals surface area (Å²) in [7, 11) is 0. The average Bonchev–Trinajstić information content (AvgIpc) is 3.36. The molecule has 4 nitrogen and oxygen atoms in total. The Balaban J connectivity index is 0.000000165. The van der Waals surface area contributed by atoms with Crippen molar-refractivity contribution in [2.45, 2.75) is 51.4 Å². The molecule has 5 aromatic carbocycles. The monoisotopic (exact) mass is 600 g/mol. The fraction of sp³-hybridized carbons (Fsp3) is 0.229. The number of aromatic carboxylic acids is 2. The Morgan fingerprint density at radius 3 is 1.32 bits per heavy atom. The third-order valence-electron chi connectivity index (χ3n) is 7.77. The largest absolute Gasteiger partial charge is 2.00 e. The SMILES string of the molecule is O=C(O)c1cccc2ccccc12.O=C(O)c1cccc2ccccc12.[Cl-].[Ti+2].[cH-]1c2c(c3c1CCCC3)CCCC2. The first-order chi connectivity index (χ1) is 19.0. The molecule has 0 unspecified atom stereocenters.